The van der Waals surface area contributed by atoms with E-state index in [2.05, 4.69) is 4.98 Å². The molecule has 1 aromatic heterocycles. The molecule has 1 aromatic carbocycles. The highest BCUT2D eigenvalue weighted by atomic mass is 16.5. The molecule has 3 heteroatoms. The summed E-state index contributed by atoms with van der Waals surface area (Å²) in [5.41, 5.74) is 3.38. The van der Waals surface area contributed by atoms with Gasteiger partial charge in [-0.15, -0.1) is 0 Å². The number of rotatable bonds is 1. The molecule has 2 aromatic rings. The van der Waals surface area contributed by atoms with E-state index in [1.807, 2.05) is 26.0 Å². The Balaban J connectivity index is 2.83. The van der Waals surface area contributed by atoms with E-state index >= 15 is 0 Å². The Bertz CT molecular complexity index is 561. The van der Waals surface area contributed by atoms with E-state index in [0.717, 1.165) is 16.5 Å². The van der Waals surface area contributed by atoms with Crippen molar-refractivity contribution in [3.05, 3.63) is 41.1 Å². The number of aryl methyl sites for hydroxylation is 2. The van der Waals surface area contributed by atoms with Crippen molar-refractivity contribution >= 4 is 16.9 Å². The second kappa shape index (κ2) is 3.93. The lowest BCUT2D eigenvalue weighted by Crippen LogP contribution is -2.04. The number of carbonyl (C=O) groups is 1. The average Bonchev–Trinajstić information content (AvgIpc) is 2.28. The van der Waals surface area contributed by atoms with E-state index in [9.17, 15) is 4.79 Å². The lowest BCUT2D eigenvalue weighted by Gasteiger charge is -2.07. The number of methoxy groups -OCH3 is 1. The molecule has 3 nitrogen and oxygen atoms in total. The topological polar surface area (TPSA) is 39.2 Å². The standard InChI is InChI=1S/C13H13NO2/c1-8-6-10-9(2)4-5-14-12(10)11(7-8)13(15)16-3/h4-7H,1-3H3. The highest BCUT2D eigenvalue weighted by Gasteiger charge is 2.12. The van der Waals surface area contributed by atoms with Crippen LogP contribution in [0.2, 0.25) is 0 Å². The van der Waals surface area contributed by atoms with Crippen LogP contribution in [0.3, 0.4) is 0 Å². The van der Waals surface area contributed by atoms with Gasteiger partial charge in [-0.3, -0.25) is 4.98 Å². The maximum absolute atomic E-state index is 11.6. The van der Waals surface area contributed by atoms with E-state index in [1.165, 1.54) is 7.11 Å². The molecule has 0 unspecified atom stereocenters. The van der Waals surface area contributed by atoms with Crippen LogP contribution in [0.4, 0.5) is 0 Å². The number of ether oxygens (including phenoxy) is 1. The molecule has 0 fully saturated rings. The average molecular weight is 215 g/mol. The maximum Gasteiger partial charge on any atom is 0.340 e. The molecule has 0 aliphatic rings. The Labute approximate surface area is 94.1 Å². The smallest absolute Gasteiger partial charge is 0.340 e. The molecular formula is C13H13NO2. The number of benzene rings is 1. The second-order valence-electron chi connectivity index (χ2n) is 3.83. The highest BCUT2D eigenvalue weighted by molar-refractivity contribution is 6.03. The number of carbonyl (C=O) groups excluding carboxylic acids is 1. The third-order valence-electron chi connectivity index (χ3n) is 2.61. The Morgan fingerprint density at radius 1 is 1.31 bits per heavy atom. The summed E-state index contributed by atoms with van der Waals surface area (Å²) >= 11 is 0. The monoisotopic (exact) mass is 215 g/mol. The summed E-state index contributed by atoms with van der Waals surface area (Å²) in [5.74, 6) is -0.341. The number of esters is 1. The number of nitrogens with zero attached hydrogens (tertiary/aromatic N) is 1. The van der Waals surface area contributed by atoms with Crippen LogP contribution in [-0.4, -0.2) is 18.1 Å². The van der Waals surface area contributed by atoms with E-state index in [4.69, 9.17) is 4.74 Å². The van der Waals surface area contributed by atoms with Crippen LogP contribution >= 0.6 is 0 Å². The van der Waals surface area contributed by atoms with Crippen molar-refractivity contribution in [1.82, 2.24) is 4.98 Å². The number of aromatic nitrogens is 1. The zero-order valence-corrected chi connectivity index (χ0v) is 9.57. The normalized spacial score (nSPS) is 10.4. The number of hydrogen-bond acceptors (Lipinski definition) is 3. The van der Waals surface area contributed by atoms with E-state index in [1.54, 1.807) is 12.3 Å². The van der Waals surface area contributed by atoms with Crippen LogP contribution in [-0.2, 0) is 4.74 Å². The molecule has 0 saturated carbocycles. The van der Waals surface area contributed by atoms with Crippen LogP contribution in [0, 0.1) is 13.8 Å². The van der Waals surface area contributed by atoms with Gasteiger partial charge in [0.15, 0.2) is 0 Å². The Kier molecular flexibility index (Phi) is 2.60. The van der Waals surface area contributed by atoms with Crippen LogP contribution < -0.4 is 0 Å². The fourth-order valence-corrected chi connectivity index (χ4v) is 1.80. The van der Waals surface area contributed by atoms with Crippen LogP contribution in [0.1, 0.15) is 21.5 Å². The Morgan fingerprint density at radius 2 is 2.06 bits per heavy atom. The summed E-state index contributed by atoms with van der Waals surface area (Å²) < 4.78 is 4.76. The van der Waals surface area contributed by atoms with E-state index in [-0.39, 0.29) is 5.97 Å². The summed E-state index contributed by atoms with van der Waals surface area (Å²) in [6.45, 7) is 3.96. The zero-order valence-electron chi connectivity index (χ0n) is 9.57. The number of fused-ring (bicyclic) bond motifs is 1. The molecule has 0 spiro atoms. The van der Waals surface area contributed by atoms with Crippen molar-refractivity contribution in [2.45, 2.75) is 13.8 Å². The summed E-state index contributed by atoms with van der Waals surface area (Å²) in [5, 5.41) is 1.00. The quantitative estimate of drug-likeness (QED) is 0.686. The maximum atomic E-state index is 11.6. The first kappa shape index (κ1) is 10.6. The molecule has 2 rings (SSSR count). The zero-order chi connectivity index (χ0) is 11.7. The minimum Gasteiger partial charge on any atom is -0.465 e. The summed E-state index contributed by atoms with van der Waals surface area (Å²) in [7, 11) is 1.38. The van der Waals surface area contributed by atoms with Crippen molar-refractivity contribution in [3.8, 4) is 0 Å². The van der Waals surface area contributed by atoms with E-state index in [0.29, 0.717) is 11.1 Å². The summed E-state index contributed by atoms with van der Waals surface area (Å²) in [4.78, 5) is 15.9. The molecule has 0 aliphatic heterocycles. The molecule has 0 bridgehead atoms. The SMILES string of the molecule is COC(=O)c1cc(C)cc2c(C)ccnc12. The van der Waals surface area contributed by atoms with Gasteiger partial charge in [-0.05, 0) is 43.2 Å². The molecule has 1 heterocycles. The second-order valence-corrected chi connectivity index (χ2v) is 3.83. The van der Waals surface area contributed by atoms with Gasteiger partial charge in [-0.1, -0.05) is 0 Å². The first-order chi connectivity index (χ1) is 7.63. The van der Waals surface area contributed by atoms with Crippen LogP contribution in [0.25, 0.3) is 10.9 Å². The number of pyridine rings is 1. The lowest BCUT2D eigenvalue weighted by atomic mass is 10.0. The van der Waals surface area contributed by atoms with Gasteiger partial charge in [0.1, 0.15) is 0 Å². The third-order valence-corrected chi connectivity index (χ3v) is 2.61. The van der Waals surface area contributed by atoms with Gasteiger partial charge in [0.25, 0.3) is 0 Å². The molecule has 0 amide bonds. The minimum atomic E-state index is -0.341. The van der Waals surface area contributed by atoms with Crippen molar-refractivity contribution in [3.63, 3.8) is 0 Å². The van der Waals surface area contributed by atoms with Gasteiger partial charge in [-0.2, -0.15) is 0 Å². The van der Waals surface area contributed by atoms with Crippen molar-refractivity contribution in [2.75, 3.05) is 7.11 Å². The Morgan fingerprint density at radius 3 is 2.75 bits per heavy atom. The number of hydrogen-bond donors (Lipinski definition) is 0. The lowest BCUT2D eigenvalue weighted by molar-refractivity contribution is 0.0602. The summed E-state index contributed by atoms with van der Waals surface area (Å²) in [6, 6.07) is 5.77. The fourth-order valence-electron chi connectivity index (χ4n) is 1.80. The van der Waals surface area contributed by atoms with Gasteiger partial charge in [0.05, 0.1) is 18.2 Å². The molecule has 0 saturated heterocycles. The first-order valence-corrected chi connectivity index (χ1v) is 5.08. The third kappa shape index (κ3) is 1.65. The largest absolute Gasteiger partial charge is 0.465 e. The molecule has 16 heavy (non-hydrogen) atoms. The first-order valence-electron chi connectivity index (χ1n) is 5.08. The van der Waals surface area contributed by atoms with E-state index < -0.39 is 0 Å². The molecule has 0 N–H and O–H groups in total. The predicted molar refractivity (Wildman–Crippen MR) is 62.6 cm³/mol. The Hall–Kier alpha value is -1.90. The highest BCUT2D eigenvalue weighted by Crippen LogP contribution is 2.22. The van der Waals surface area contributed by atoms with Gasteiger partial charge < -0.3 is 4.74 Å². The minimum absolute atomic E-state index is 0.341. The molecule has 0 atom stereocenters. The fraction of sp³-hybridized carbons (Fsp3) is 0.231. The van der Waals surface area contributed by atoms with Crippen LogP contribution in [0.15, 0.2) is 24.4 Å². The molecular weight excluding hydrogens is 202 g/mol. The van der Waals surface area contributed by atoms with Gasteiger partial charge in [-0.25, -0.2) is 4.79 Å². The van der Waals surface area contributed by atoms with Crippen LogP contribution in [0.5, 0.6) is 0 Å². The molecule has 0 radical (unpaired) electrons. The van der Waals surface area contributed by atoms with Crippen molar-refractivity contribution < 1.29 is 9.53 Å². The molecule has 82 valence electrons. The predicted octanol–water partition coefficient (Wildman–Crippen LogP) is 2.64. The van der Waals surface area contributed by atoms with Gasteiger partial charge in [0, 0.05) is 11.6 Å². The van der Waals surface area contributed by atoms with Crippen molar-refractivity contribution in [2.24, 2.45) is 0 Å². The molecule has 0 aliphatic carbocycles. The van der Waals surface area contributed by atoms with Gasteiger partial charge in [0.2, 0.25) is 0 Å². The summed E-state index contributed by atoms with van der Waals surface area (Å²) in [6.07, 6.45) is 1.71. The van der Waals surface area contributed by atoms with Crippen molar-refractivity contribution in [1.29, 1.82) is 0 Å². The van der Waals surface area contributed by atoms with Gasteiger partial charge >= 0.3 is 5.97 Å².